The van der Waals surface area contributed by atoms with Crippen LogP contribution in [0.4, 0.5) is 13.2 Å². The number of benzene rings is 1. The predicted octanol–water partition coefficient (Wildman–Crippen LogP) is 1.82. The number of halogens is 3. The molecule has 1 rings (SSSR count). The maximum atomic E-state index is 13.2. The highest BCUT2D eigenvalue weighted by Crippen LogP contribution is 2.26. The highest BCUT2D eigenvalue weighted by Gasteiger charge is 2.26. The molecular weight excluding hydrogens is 241 g/mol. The van der Waals surface area contributed by atoms with Crippen molar-refractivity contribution in [2.75, 3.05) is 5.75 Å². The van der Waals surface area contributed by atoms with Gasteiger partial charge < -0.3 is 10.2 Å². The molecule has 6 heteroatoms. The van der Waals surface area contributed by atoms with Gasteiger partial charge in [-0.15, -0.1) is 0 Å². The van der Waals surface area contributed by atoms with E-state index in [1.165, 1.54) is 0 Å². The summed E-state index contributed by atoms with van der Waals surface area (Å²) in [6.45, 7) is 0. The van der Waals surface area contributed by atoms with E-state index in [1.54, 1.807) is 0 Å². The van der Waals surface area contributed by atoms with Gasteiger partial charge >= 0.3 is 0 Å². The monoisotopic (exact) mass is 252 g/mol. The fourth-order valence-electron chi connectivity index (χ4n) is 1.30. The lowest BCUT2D eigenvalue weighted by atomic mass is 10.0. The molecule has 0 saturated carbocycles. The lowest BCUT2D eigenvalue weighted by molar-refractivity contribution is 0.0125. The molecule has 0 spiro atoms. The van der Waals surface area contributed by atoms with E-state index >= 15 is 0 Å². The van der Waals surface area contributed by atoms with E-state index in [2.05, 4.69) is 12.6 Å². The Kier molecular flexibility index (Phi) is 4.64. The molecule has 0 aliphatic rings. The van der Waals surface area contributed by atoms with Crippen LogP contribution in [0.15, 0.2) is 12.1 Å². The lowest BCUT2D eigenvalue weighted by Crippen LogP contribution is -2.21. The van der Waals surface area contributed by atoms with Crippen molar-refractivity contribution >= 4 is 12.6 Å². The molecule has 0 saturated heterocycles. The summed E-state index contributed by atoms with van der Waals surface area (Å²) >= 11 is 3.81. The molecule has 2 nitrogen and oxygen atoms in total. The van der Waals surface area contributed by atoms with Crippen LogP contribution in [0.3, 0.4) is 0 Å². The highest BCUT2D eigenvalue weighted by molar-refractivity contribution is 7.80. The average Bonchev–Trinajstić information content (AvgIpc) is 2.24. The quantitative estimate of drug-likeness (QED) is 0.565. The first-order valence-corrected chi connectivity index (χ1v) is 5.22. The molecule has 90 valence electrons. The number of aliphatic hydroxyl groups is 2. The van der Waals surface area contributed by atoms with E-state index in [-0.39, 0.29) is 12.2 Å². The van der Waals surface area contributed by atoms with Gasteiger partial charge in [0.15, 0.2) is 11.6 Å². The van der Waals surface area contributed by atoms with Gasteiger partial charge in [-0.25, -0.2) is 13.2 Å². The molecular formula is C10H11F3O2S. The number of hydrogen-bond donors (Lipinski definition) is 3. The Morgan fingerprint density at radius 2 is 1.69 bits per heavy atom. The zero-order valence-electron chi connectivity index (χ0n) is 8.20. The summed E-state index contributed by atoms with van der Waals surface area (Å²) in [5, 5.41) is 18.8. The van der Waals surface area contributed by atoms with Gasteiger partial charge in [0.05, 0.1) is 11.7 Å². The summed E-state index contributed by atoms with van der Waals surface area (Å²) in [6.07, 6.45) is -3.15. The van der Waals surface area contributed by atoms with Gasteiger partial charge in [0, 0.05) is 0 Å². The third-order valence-corrected chi connectivity index (χ3v) is 2.42. The Labute approximate surface area is 96.1 Å². The summed E-state index contributed by atoms with van der Waals surface area (Å²) in [4.78, 5) is 0. The topological polar surface area (TPSA) is 40.5 Å². The second-order valence-electron chi connectivity index (χ2n) is 3.28. The predicted molar refractivity (Wildman–Crippen MR) is 55.8 cm³/mol. The van der Waals surface area contributed by atoms with Crippen molar-refractivity contribution in [2.24, 2.45) is 0 Å². The minimum Gasteiger partial charge on any atom is -0.390 e. The van der Waals surface area contributed by atoms with Crippen molar-refractivity contribution in [1.82, 2.24) is 0 Å². The van der Waals surface area contributed by atoms with Gasteiger partial charge in [0.2, 0.25) is 0 Å². The number of rotatable bonds is 4. The summed E-state index contributed by atoms with van der Waals surface area (Å²) in [5.41, 5.74) is -0.853. The molecule has 1 aromatic carbocycles. The van der Waals surface area contributed by atoms with Crippen LogP contribution in [-0.4, -0.2) is 22.1 Å². The van der Waals surface area contributed by atoms with Crippen LogP contribution >= 0.6 is 12.6 Å². The van der Waals surface area contributed by atoms with Gasteiger partial charge in [-0.3, -0.25) is 0 Å². The normalized spacial score (nSPS) is 14.9. The maximum absolute atomic E-state index is 13.2. The molecule has 2 N–H and O–H groups in total. The van der Waals surface area contributed by atoms with Crippen LogP contribution in [0.25, 0.3) is 0 Å². The number of thiol groups is 1. The van der Waals surface area contributed by atoms with E-state index in [0.29, 0.717) is 12.1 Å². The fraction of sp³-hybridized carbons (Fsp3) is 0.400. The van der Waals surface area contributed by atoms with Crippen molar-refractivity contribution in [1.29, 1.82) is 0 Å². The molecule has 0 aromatic heterocycles. The van der Waals surface area contributed by atoms with Crippen molar-refractivity contribution in [3.8, 4) is 0 Å². The fourth-order valence-corrected chi connectivity index (χ4v) is 1.56. The number of aliphatic hydroxyl groups excluding tert-OH is 2. The van der Waals surface area contributed by atoms with E-state index in [1.807, 2.05) is 0 Å². The van der Waals surface area contributed by atoms with E-state index in [0.717, 1.165) is 0 Å². The summed E-state index contributed by atoms with van der Waals surface area (Å²) in [7, 11) is 0. The van der Waals surface area contributed by atoms with Gasteiger partial charge in [-0.05, 0) is 24.3 Å². The molecule has 0 heterocycles. The average molecular weight is 252 g/mol. The molecule has 0 amide bonds. The van der Waals surface area contributed by atoms with Gasteiger partial charge in [0.1, 0.15) is 11.9 Å². The van der Waals surface area contributed by atoms with Crippen LogP contribution in [0.2, 0.25) is 0 Å². The van der Waals surface area contributed by atoms with Crippen molar-refractivity contribution in [2.45, 2.75) is 18.6 Å². The summed E-state index contributed by atoms with van der Waals surface area (Å²) in [5.74, 6) is -3.61. The Bertz CT molecular complexity index is 373. The molecule has 0 fully saturated rings. The molecule has 2 atom stereocenters. The van der Waals surface area contributed by atoms with Gasteiger partial charge in [-0.2, -0.15) is 12.6 Å². The van der Waals surface area contributed by atoms with Crippen molar-refractivity contribution in [3.63, 3.8) is 0 Å². The van der Waals surface area contributed by atoms with Crippen LogP contribution in [0.5, 0.6) is 0 Å². The summed E-state index contributed by atoms with van der Waals surface area (Å²) in [6, 6.07) is 1.32. The molecule has 2 unspecified atom stereocenters. The lowest BCUT2D eigenvalue weighted by Gasteiger charge is -2.18. The molecule has 0 aliphatic carbocycles. The SMILES string of the molecule is OC(CCS)C(O)c1c(F)ccc(F)c1F. The van der Waals surface area contributed by atoms with Crippen molar-refractivity contribution in [3.05, 3.63) is 35.1 Å². The zero-order valence-corrected chi connectivity index (χ0v) is 9.09. The molecule has 1 aromatic rings. The van der Waals surface area contributed by atoms with E-state index < -0.39 is 35.2 Å². The third kappa shape index (κ3) is 2.69. The summed E-state index contributed by atoms with van der Waals surface area (Å²) < 4.78 is 39.2. The van der Waals surface area contributed by atoms with Gasteiger partial charge in [0.25, 0.3) is 0 Å². The maximum Gasteiger partial charge on any atom is 0.167 e. The molecule has 0 aliphatic heterocycles. The molecule has 0 bridgehead atoms. The van der Waals surface area contributed by atoms with Crippen LogP contribution < -0.4 is 0 Å². The second-order valence-corrected chi connectivity index (χ2v) is 3.73. The first kappa shape index (κ1) is 13.3. The Balaban J connectivity index is 3.07. The second kappa shape index (κ2) is 5.56. The van der Waals surface area contributed by atoms with Crippen molar-refractivity contribution < 1.29 is 23.4 Å². The van der Waals surface area contributed by atoms with E-state index in [9.17, 15) is 23.4 Å². The highest BCUT2D eigenvalue weighted by atomic mass is 32.1. The minimum absolute atomic E-state index is 0.0413. The number of hydrogen-bond acceptors (Lipinski definition) is 3. The smallest absolute Gasteiger partial charge is 0.167 e. The zero-order chi connectivity index (χ0) is 12.3. The van der Waals surface area contributed by atoms with E-state index in [4.69, 9.17) is 0 Å². The van der Waals surface area contributed by atoms with Crippen LogP contribution in [0.1, 0.15) is 18.1 Å². The minimum atomic E-state index is -1.80. The van der Waals surface area contributed by atoms with Crippen LogP contribution in [0, 0.1) is 17.5 Å². The first-order valence-electron chi connectivity index (χ1n) is 4.59. The largest absolute Gasteiger partial charge is 0.390 e. The molecule has 16 heavy (non-hydrogen) atoms. The van der Waals surface area contributed by atoms with Crippen LogP contribution in [-0.2, 0) is 0 Å². The molecule has 0 radical (unpaired) electrons. The Morgan fingerprint density at radius 1 is 1.12 bits per heavy atom. The van der Waals surface area contributed by atoms with Gasteiger partial charge in [-0.1, -0.05) is 0 Å². The standard InChI is InChI=1S/C10H11F3O2S/c11-5-1-2-6(12)9(13)8(5)10(15)7(14)3-4-16/h1-2,7,10,14-16H,3-4H2. The Morgan fingerprint density at radius 3 is 2.25 bits per heavy atom. The Hall–Kier alpha value is -0.720. The third-order valence-electron chi connectivity index (χ3n) is 2.16. The first-order chi connectivity index (χ1) is 7.49.